The third kappa shape index (κ3) is 14.2. The van der Waals surface area contributed by atoms with Crippen molar-refractivity contribution < 1.29 is 24.2 Å². The van der Waals surface area contributed by atoms with Crippen LogP contribution >= 0.6 is 11.8 Å². The van der Waals surface area contributed by atoms with Crippen molar-refractivity contribution in [3.05, 3.63) is 84.2 Å². The van der Waals surface area contributed by atoms with Crippen molar-refractivity contribution in [3.63, 3.8) is 0 Å². The minimum absolute atomic E-state index is 0.0894. The van der Waals surface area contributed by atoms with Crippen LogP contribution in [0.3, 0.4) is 0 Å². The lowest BCUT2D eigenvalue weighted by Crippen LogP contribution is -2.39. The van der Waals surface area contributed by atoms with E-state index in [9.17, 15) is 19.5 Å². The van der Waals surface area contributed by atoms with Crippen LogP contribution in [-0.2, 0) is 14.3 Å². The molecule has 0 radical (unpaired) electrons. The van der Waals surface area contributed by atoms with Crippen LogP contribution in [0.5, 0.6) is 0 Å². The van der Waals surface area contributed by atoms with Gasteiger partial charge in [-0.15, -0.1) is 11.8 Å². The Labute approximate surface area is 342 Å². The first-order valence-electron chi connectivity index (χ1n) is 19.6. The summed E-state index contributed by atoms with van der Waals surface area (Å²) >= 11 is 1.78. The summed E-state index contributed by atoms with van der Waals surface area (Å²) in [6.07, 6.45) is 9.23. The summed E-state index contributed by atoms with van der Waals surface area (Å²) in [6, 6.07) is 16.4. The van der Waals surface area contributed by atoms with Crippen molar-refractivity contribution in [2.75, 3.05) is 33.0 Å². The highest BCUT2D eigenvalue weighted by molar-refractivity contribution is 8.00. The summed E-state index contributed by atoms with van der Waals surface area (Å²) in [6.45, 7) is 13.4. The second-order valence-electron chi connectivity index (χ2n) is 15.8. The van der Waals surface area contributed by atoms with Crippen LogP contribution in [0.2, 0.25) is 0 Å². The van der Waals surface area contributed by atoms with Gasteiger partial charge in [-0.1, -0.05) is 63.8 Å². The Morgan fingerprint density at radius 1 is 1.02 bits per heavy atom. The Bertz CT molecular complexity index is 1910. The topological polar surface area (TPSA) is 157 Å². The minimum atomic E-state index is -0.696. The molecule has 2 amide bonds. The Hall–Kier alpha value is -4.90. The van der Waals surface area contributed by atoms with Gasteiger partial charge in [0.15, 0.2) is 0 Å². The summed E-state index contributed by atoms with van der Waals surface area (Å²) in [5.74, 6) is 9.26. The van der Waals surface area contributed by atoms with E-state index in [-0.39, 0.29) is 17.2 Å². The number of thioether (sulfide) groups is 1. The van der Waals surface area contributed by atoms with Gasteiger partial charge in [0.2, 0.25) is 5.91 Å². The number of carbonyl (C=O) groups is 3. The minimum Gasteiger partial charge on any atom is -0.453 e. The van der Waals surface area contributed by atoms with Gasteiger partial charge in [0, 0.05) is 36.3 Å². The largest absolute Gasteiger partial charge is 0.453 e. The molecule has 3 unspecified atom stereocenters. The molecule has 2 aromatic carbocycles. The highest BCUT2D eigenvalue weighted by Crippen LogP contribution is 2.32. The zero-order valence-corrected chi connectivity index (χ0v) is 35.4. The molecule has 3 atom stereocenters. The highest BCUT2D eigenvalue weighted by atomic mass is 32.2. The first-order valence-corrected chi connectivity index (χ1v) is 20.6. The van der Waals surface area contributed by atoms with E-state index in [0.717, 1.165) is 58.3 Å². The monoisotopic (exact) mass is 797 g/mol. The van der Waals surface area contributed by atoms with E-state index < -0.39 is 17.7 Å². The number of amides is 2. The molecule has 4 heterocycles. The summed E-state index contributed by atoms with van der Waals surface area (Å²) in [4.78, 5) is 52.5. The summed E-state index contributed by atoms with van der Waals surface area (Å²) in [5, 5.41) is 12.4. The van der Waals surface area contributed by atoms with Gasteiger partial charge in [0.05, 0.1) is 60.3 Å². The zero-order valence-electron chi connectivity index (χ0n) is 34.5. The predicted molar refractivity (Wildman–Crippen MR) is 227 cm³/mol. The van der Waals surface area contributed by atoms with Crippen LogP contribution in [0.1, 0.15) is 90.2 Å². The van der Waals surface area contributed by atoms with Crippen LogP contribution < -0.4 is 5.32 Å². The maximum Gasteiger partial charge on any atom is 0.407 e. The lowest BCUT2D eigenvalue weighted by atomic mass is 10.0. The maximum atomic E-state index is 12.0. The molecule has 2 aromatic heterocycles. The Balaban J connectivity index is 0.000000224. The van der Waals surface area contributed by atoms with Crippen LogP contribution in [0, 0.1) is 23.7 Å². The number of ether oxygens (including phenoxy) is 1. The molecule has 2 aliphatic rings. The Kier molecular flexibility index (Phi) is 17.0. The molecule has 12 nitrogen and oxygen atoms in total. The number of rotatable bonds is 10. The molecular formula is C44H59N7O5S. The third-order valence-electron chi connectivity index (χ3n) is 9.57. The van der Waals surface area contributed by atoms with Crippen molar-refractivity contribution in [1.29, 1.82) is 0 Å². The van der Waals surface area contributed by atoms with Crippen molar-refractivity contribution in [1.82, 2.24) is 35.1 Å². The zero-order chi connectivity index (χ0) is 41.5. The molecule has 0 spiro atoms. The molecule has 0 bridgehead atoms. The number of nitrogens with one attached hydrogen (secondary N) is 3. The number of hydrogen-bond acceptors (Lipinski definition) is 9. The van der Waals surface area contributed by atoms with Crippen molar-refractivity contribution >= 4 is 30.0 Å². The SMILES string of the molecule is CC(C)CC(=O)N1CCSC1CC(C)(C)O.CN1CCCC1c1ncc(-c2ccc(C#Cc3ccc(-c4cnc[nH]4)cc3)cc2)[nH]1.COC(=O)NC(C=O)C(C)C. The number of H-pyrrole nitrogens is 2. The molecular weight excluding hydrogens is 739 g/mol. The van der Waals surface area contributed by atoms with Gasteiger partial charge in [0.1, 0.15) is 12.1 Å². The average Bonchev–Trinajstić information content (AvgIpc) is 4.02. The number of methoxy groups -OCH3 is 1. The first-order chi connectivity index (χ1) is 27.2. The number of hydrogen-bond donors (Lipinski definition) is 4. The number of benzene rings is 2. The van der Waals surface area contributed by atoms with E-state index in [1.807, 2.05) is 43.3 Å². The van der Waals surface area contributed by atoms with Gasteiger partial charge in [-0.2, -0.15) is 0 Å². The molecule has 306 valence electrons. The Morgan fingerprint density at radius 3 is 2.14 bits per heavy atom. The third-order valence-corrected chi connectivity index (χ3v) is 10.8. The number of imidazole rings is 2. The van der Waals surface area contributed by atoms with Crippen molar-refractivity contribution in [3.8, 4) is 34.4 Å². The summed E-state index contributed by atoms with van der Waals surface area (Å²) < 4.78 is 4.32. The first kappa shape index (κ1) is 44.8. The molecule has 2 saturated heterocycles. The lowest BCUT2D eigenvalue weighted by Gasteiger charge is -2.29. The number of alkyl carbamates (subject to hydrolysis) is 1. The molecule has 2 aliphatic heterocycles. The number of aromatic amines is 2. The molecule has 13 heteroatoms. The van der Waals surface area contributed by atoms with E-state index >= 15 is 0 Å². The van der Waals surface area contributed by atoms with Gasteiger partial charge in [-0.05, 0) is 87.5 Å². The molecule has 0 saturated carbocycles. The Morgan fingerprint density at radius 2 is 1.65 bits per heavy atom. The predicted octanol–water partition coefficient (Wildman–Crippen LogP) is 7.29. The molecule has 0 aliphatic carbocycles. The second kappa shape index (κ2) is 21.6. The summed E-state index contributed by atoms with van der Waals surface area (Å²) in [7, 11) is 3.43. The van der Waals surface area contributed by atoms with Gasteiger partial charge in [0.25, 0.3) is 0 Å². The van der Waals surface area contributed by atoms with E-state index in [0.29, 0.717) is 31.1 Å². The average molecular weight is 798 g/mol. The molecule has 4 N–H and O–H groups in total. The molecule has 4 aromatic rings. The smallest absolute Gasteiger partial charge is 0.407 e. The van der Waals surface area contributed by atoms with Crippen LogP contribution in [0.25, 0.3) is 22.5 Å². The van der Waals surface area contributed by atoms with Crippen molar-refractivity contribution in [2.45, 2.75) is 90.3 Å². The summed E-state index contributed by atoms with van der Waals surface area (Å²) in [5.41, 5.74) is 5.57. The standard InChI is InChI=1S/C25H23N5.C12H23NO2S.C7H13NO3/c1-30-14-2-3-24(30)25-27-16-23(29-25)21-12-8-19(9-13-21)5-4-18-6-10-20(11-7-18)22-15-26-17-28-22;1-9(2)7-10(14)13-5-6-16-11(13)8-12(3,4)15;1-5(2)6(4-9)8-7(10)11-3/h6-13,15-17,24H,2-3,14H2,1H3,(H,26,28)(H,27,29);9,11,15H,5-8H2,1-4H3;4-6H,1-3H3,(H,8,10). The normalized spacial score (nSPS) is 17.1. The molecule has 2 fully saturated rings. The quantitative estimate of drug-likeness (QED) is 0.0956. The fourth-order valence-electron chi connectivity index (χ4n) is 6.35. The van der Waals surface area contributed by atoms with E-state index in [1.165, 1.54) is 20.0 Å². The maximum absolute atomic E-state index is 12.0. The van der Waals surface area contributed by atoms with Gasteiger partial charge in [-0.3, -0.25) is 9.69 Å². The van der Waals surface area contributed by atoms with Crippen molar-refractivity contribution in [2.24, 2.45) is 11.8 Å². The molecule has 6 rings (SSSR count). The number of aliphatic hydroxyl groups is 1. The fraction of sp³-hybridized carbons (Fsp3) is 0.477. The van der Waals surface area contributed by atoms with Crippen LogP contribution in [0.4, 0.5) is 4.79 Å². The van der Waals surface area contributed by atoms with E-state index in [1.54, 1.807) is 31.9 Å². The van der Waals surface area contributed by atoms with Gasteiger partial charge >= 0.3 is 6.09 Å². The molecule has 57 heavy (non-hydrogen) atoms. The number of aromatic nitrogens is 4. The van der Waals surface area contributed by atoms with E-state index in [2.05, 4.69) is 104 Å². The van der Waals surface area contributed by atoms with Gasteiger partial charge in [-0.25, -0.2) is 14.8 Å². The van der Waals surface area contributed by atoms with Gasteiger partial charge < -0.3 is 34.8 Å². The number of carbonyl (C=O) groups excluding carboxylic acids is 3. The number of likely N-dealkylation sites (tertiary alicyclic amines) is 1. The number of aldehydes is 1. The number of nitrogens with zero attached hydrogens (tertiary/aromatic N) is 4. The fourth-order valence-corrected chi connectivity index (χ4v) is 7.86. The van der Waals surface area contributed by atoms with Crippen LogP contribution in [0.15, 0.2) is 67.3 Å². The lowest BCUT2D eigenvalue weighted by molar-refractivity contribution is -0.132. The van der Waals surface area contributed by atoms with E-state index in [4.69, 9.17) is 0 Å². The second-order valence-corrected chi connectivity index (χ2v) is 17.0. The van der Waals surface area contributed by atoms with Crippen LogP contribution in [-0.4, -0.2) is 103 Å². The highest BCUT2D eigenvalue weighted by Gasteiger charge is 2.33.